The zero-order valence-corrected chi connectivity index (χ0v) is 10.6. The largest absolute Gasteiger partial charge is 0.379 e. The monoisotopic (exact) mass is 235 g/mol. The summed E-state index contributed by atoms with van der Waals surface area (Å²) in [7, 11) is 1.95. The van der Waals surface area contributed by atoms with Crippen LogP contribution >= 0.6 is 0 Å². The van der Waals surface area contributed by atoms with Crippen molar-refractivity contribution in [1.29, 1.82) is 0 Å². The van der Waals surface area contributed by atoms with Gasteiger partial charge in [0.1, 0.15) is 0 Å². The summed E-state index contributed by atoms with van der Waals surface area (Å²) in [5.41, 5.74) is 2.68. The van der Waals surface area contributed by atoms with Gasteiger partial charge in [0.25, 0.3) is 0 Å². The molecule has 17 heavy (non-hydrogen) atoms. The van der Waals surface area contributed by atoms with Crippen molar-refractivity contribution in [1.82, 2.24) is 15.1 Å². The third kappa shape index (κ3) is 3.98. The van der Waals surface area contributed by atoms with Crippen molar-refractivity contribution >= 4 is 0 Å². The quantitative estimate of drug-likeness (QED) is 0.799. The van der Waals surface area contributed by atoms with E-state index in [2.05, 4.69) is 29.6 Å². The van der Waals surface area contributed by atoms with Gasteiger partial charge in [-0.3, -0.25) is 4.68 Å². The Hall–Kier alpha value is -1.13. The average Bonchev–Trinajstić information content (AvgIpc) is 2.74. The molecule has 1 aromatic rings. The molecular formula is C13H21N3O. The molecule has 1 aliphatic rings. The molecule has 4 nitrogen and oxygen atoms in total. The molecule has 0 aromatic carbocycles. The highest BCUT2D eigenvalue weighted by atomic mass is 16.5. The highest BCUT2D eigenvalue weighted by Gasteiger charge is 2.12. The second-order valence-electron chi connectivity index (χ2n) is 4.71. The molecule has 1 N–H and O–H groups in total. The van der Waals surface area contributed by atoms with Crippen LogP contribution in [0.4, 0.5) is 0 Å². The van der Waals surface area contributed by atoms with E-state index < -0.39 is 0 Å². The first-order valence-corrected chi connectivity index (χ1v) is 6.18. The van der Waals surface area contributed by atoms with Crippen molar-refractivity contribution in [2.24, 2.45) is 7.05 Å². The molecule has 1 unspecified atom stereocenters. The number of hydrogen-bond acceptors (Lipinski definition) is 3. The molecule has 0 bridgehead atoms. The van der Waals surface area contributed by atoms with E-state index in [9.17, 15) is 0 Å². The second kappa shape index (κ2) is 5.98. The fraction of sp³-hybridized carbons (Fsp3) is 0.615. The molecule has 1 aromatic heterocycles. The Morgan fingerprint density at radius 3 is 3.24 bits per heavy atom. The van der Waals surface area contributed by atoms with Gasteiger partial charge in [0.05, 0.1) is 19.4 Å². The maximum absolute atomic E-state index is 5.45. The predicted octanol–water partition coefficient (Wildman–Crippen LogP) is 1.29. The van der Waals surface area contributed by atoms with E-state index in [1.165, 1.54) is 11.1 Å². The Balaban J connectivity index is 1.80. The normalized spacial score (nSPS) is 21.8. The molecule has 0 aliphatic carbocycles. The van der Waals surface area contributed by atoms with Crippen LogP contribution in [-0.2, 0) is 18.2 Å². The number of aryl methyl sites for hydroxylation is 1. The van der Waals surface area contributed by atoms with Crippen LogP contribution in [0.2, 0.25) is 0 Å². The maximum atomic E-state index is 5.45. The van der Waals surface area contributed by atoms with Gasteiger partial charge < -0.3 is 10.1 Å². The summed E-state index contributed by atoms with van der Waals surface area (Å²) in [5, 5.41) is 7.64. The topological polar surface area (TPSA) is 39.1 Å². The molecule has 0 amide bonds. The van der Waals surface area contributed by atoms with Gasteiger partial charge in [0.2, 0.25) is 0 Å². The fourth-order valence-corrected chi connectivity index (χ4v) is 2.09. The Morgan fingerprint density at radius 1 is 1.71 bits per heavy atom. The molecule has 1 aliphatic heterocycles. The van der Waals surface area contributed by atoms with Crippen molar-refractivity contribution in [2.45, 2.75) is 25.8 Å². The van der Waals surface area contributed by atoms with Crippen molar-refractivity contribution in [3.05, 3.63) is 29.6 Å². The minimum Gasteiger partial charge on any atom is -0.379 e. The highest BCUT2D eigenvalue weighted by molar-refractivity contribution is 5.12. The molecule has 0 radical (unpaired) electrons. The zero-order valence-electron chi connectivity index (χ0n) is 10.6. The average molecular weight is 235 g/mol. The number of morpholine rings is 1. The lowest BCUT2D eigenvalue weighted by atomic mass is 10.1. The number of aromatic nitrogens is 2. The van der Waals surface area contributed by atoms with Gasteiger partial charge in [-0.1, -0.05) is 11.6 Å². The molecule has 2 heterocycles. The summed E-state index contributed by atoms with van der Waals surface area (Å²) in [5.74, 6) is 0. The SMILES string of the molecule is CC(=CCc1cnn(C)c1)CC1COCCN1. The van der Waals surface area contributed by atoms with Crippen LogP contribution in [0.3, 0.4) is 0 Å². The lowest BCUT2D eigenvalue weighted by molar-refractivity contribution is 0.0770. The first-order chi connectivity index (χ1) is 8.24. The summed E-state index contributed by atoms with van der Waals surface area (Å²) in [6, 6.07) is 0.480. The van der Waals surface area contributed by atoms with Crippen LogP contribution in [0.15, 0.2) is 24.0 Å². The van der Waals surface area contributed by atoms with Gasteiger partial charge in [-0.2, -0.15) is 5.10 Å². The minimum absolute atomic E-state index is 0.480. The number of allylic oxidation sites excluding steroid dienone is 1. The van der Waals surface area contributed by atoms with Gasteiger partial charge >= 0.3 is 0 Å². The maximum Gasteiger partial charge on any atom is 0.0623 e. The van der Waals surface area contributed by atoms with Crippen molar-refractivity contribution in [3.8, 4) is 0 Å². The van der Waals surface area contributed by atoms with Crippen molar-refractivity contribution in [3.63, 3.8) is 0 Å². The number of hydrogen-bond donors (Lipinski definition) is 1. The van der Waals surface area contributed by atoms with Gasteiger partial charge in [0, 0.05) is 25.8 Å². The first-order valence-electron chi connectivity index (χ1n) is 6.18. The van der Waals surface area contributed by atoms with Gasteiger partial charge in [0.15, 0.2) is 0 Å². The number of nitrogens with zero attached hydrogens (tertiary/aromatic N) is 2. The Morgan fingerprint density at radius 2 is 2.59 bits per heavy atom. The van der Waals surface area contributed by atoms with E-state index in [4.69, 9.17) is 4.74 Å². The van der Waals surface area contributed by atoms with E-state index in [-0.39, 0.29) is 0 Å². The fourth-order valence-electron chi connectivity index (χ4n) is 2.09. The Kier molecular flexibility index (Phi) is 4.34. The van der Waals surface area contributed by atoms with Gasteiger partial charge in [-0.25, -0.2) is 0 Å². The summed E-state index contributed by atoms with van der Waals surface area (Å²) in [6.07, 6.45) is 8.30. The number of nitrogens with one attached hydrogen (secondary N) is 1. The molecule has 1 fully saturated rings. The van der Waals surface area contributed by atoms with E-state index >= 15 is 0 Å². The van der Waals surface area contributed by atoms with Crippen LogP contribution in [0, 0.1) is 0 Å². The molecule has 4 heteroatoms. The molecule has 94 valence electrons. The third-order valence-electron chi connectivity index (χ3n) is 3.01. The Labute approximate surface area is 103 Å². The Bertz CT molecular complexity index is 378. The lowest BCUT2D eigenvalue weighted by Crippen LogP contribution is -2.41. The first kappa shape index (κ1) is 12.3. The molecule has 0 saturated carbocycles. The van der Waals surface area contributed by atoms with E-state index in [1.54, 1.807) is 0 Å². The van der Waals surface area contributed by atoms with Crippen molar-refractivity contribution < 1.29 is 4.74 Å². The predicted molar refractivity (Wildman–Crippen MR) is 67.9 cm³/mol. The van der Waals surface area contributed by atoms with E-state index in [1.807, 2.05) is 17.9 Å². The van der Waals surface area contributed by atoms with E-state index in [0.717, 1.165) is 32.6 Å². The minimum atomic E-state index is 0.480. The highest BCUT2D eigenvalue weighted by Crippen LogP contribution is 2.09. The summed E-state index contributed by atoms with van der Waals surface area (Å²) in [6.45, 7) is 4.83. The molecule has 2 rings (SSSR count). The van der Waals surface area contributed by atoms with Crippen LogP contribution in [0.5, 0.6) is 0 Å². The summed E-state index contributed by atoms with van der Waals surface area (Å²) >= 11 is 0. The van der Waals surface area contributed by atoms with Gasteiger partial charge in [-0.05, 0) is 25.3 Å². The molecular weight excluding hydrogens is 214 g/mol. The second-order valence-corrected chi connectivity index (χ2v) is 4.71. The summed E-state index contributed by atoms with van der Waals surface area (Å²) in [4.78, 5) is 0. The van der Waals surface area contributed by atoms with Gasteiger partial charge in [-0.15, -0.1) is 0 Å². The van der Waals surface area contributed by atoms with Crippen LogP contribution in [-0.4, -0.2) is 35.6 Å². The van der Waals surface area contributed by atoms with Crippen LogP contribution < -0.4 is 5.32 Å². The molecule has 1 atom stereocenters. The third-order valence-corrected chi connectivity index (χ3v) is 3.01. The standard InChI is InChI=1S/C13H21N3O/c1-11(7-13-10-17-6-5-14-13)3-4-12-8-15-16(2)9-12/h3,8-9,13-14H,4-7,10H2,1-2H3. The smallest absolute Gasteiger partial charge is 0.0623 e. The molecule has 1 saturated heterocycles. The van der Waals surface area contributed by atoms with Crippen molar-refractivity contribution in [2.75, 3.05) is 19.8 Å². The van der Waals surface area contributed by atoms with E-state index in [0.29, 0.717) is 6.04 Å². The zero-order chi connectivity index (χ0) is 12.1. The lowest BCUT2D eigenvalue weighted by Gasteiger charge is -2.24. The number of rotatable bonds is 4. The molecule has 0 spiro atoms. The van der Waals surface area contributed by atoms with Crippen LogP contribution in [0.25, 0.3) is 0 Å². The van der Waals surface area contributed by atoms with Crippen LogP contribution in [0.1, 0.15) is 18.9 Å². The number of ether oxygens (including phenoxy) is 1. The summed E-state index contributed by atoms with van der Waals surface area (Å²) < 4.78 is 7.29.